The minimum atomic E-state index is 0.129. The summed E-state index contributed by atoms with van der Waals surface area (Å²) in [4.78, 5) is 5.69. The van der Waals surface area contributed by atoms with Crippen molar-refractivity contribution < 1.29 is 0 Å². The van der Waals surface area contributed by atoms with Crippen LogP contribution in [-0.2, 0) is 0 Å². The summed E-state index contributed by atoms with van der Waals surface area (Å²) >= 11 is 8.41. The fourth-order valence-corrected chi connectivity index (χ4v) is 5.24. The van der Waals surface area contributed by atoms with E-state index in [0.717, 1.165) is 20.4 Å². The van der Waals surface area contributed by atoms with Gasteiger partial charge in [-0.1, -0.05) is 18.7 Å². The second-order valence-corrected chi connectivity index (χ2v) is 8.50. The van der Waals surface area contributed by atoms with Gasteiger partial charge in [0.1, 0.15) is 5.82 Å². The van der Waals surface area contributed by atoms with Crippen molar-refractivity contribution in [2.75, 3.05) is 0 Å². The van der Waals surface area contributed by atoms with Gasteiger partial charge in [0.25, 0.3) is 0 Å². The van der Waals surface area contributed by atoms with Crippen LogP contribution in [0.25, 0.3) is 0 Å². The Bertz CT molecular complexity index is 511. The number of aryl methyl sites for hydroxylation is 1. The highest BCUT2D eigenvalue weighted by molar-refractivity contribution is 9.11. The average Bonchev–Trinajstić information content (AvgIpc) is 2.94. The van der Waals surface area contributed by atoms with E-state index in [1.54, 1.807) is 23.1 Å². The molecule has 2 N–H and O–H groups in total. The van der Waals surface area contributed by atoms with Crippen LogP contribution in [-0.4, -0.2) is 15.4 Å². The number of rotatable bonds is 5. The molecule has 2 heterocycles. The topological polar surface area (TPSA) is 51.8 Å². The maximum atomic E-state index is 6.24. The number of thioether (sulfide) groups is 1. The van der Waals surface area contributed by atoms with Gasteiger partial charge in [-0.3, -0.25) is 0 Å². The van der Waals surface area contributed by atoms with Crippen LogP contribution in [0.3, 0.4) is 0 Å². The Morgan fingerprint density at radius 2 is 2.28 bits per heavy atom. The Hall–Kier alpha value is 0.0500. The summed E-state index contributed by atoms with van der Waals surface area (Å²) in [7, 11) is 0. The van der Waals surface area contributed by atoms with Gasteiger partial charge in [0.05, 0.1) is 9.04 Å². The molecule has 0 fully saturated rings. The molecular formula is C11H14BrN3S3. The highest BCUT2D eigenvalue weighted by atomic mass is 79.9. The lowest BCUT2D eigenvalue weighted by molar-refractivity contribution is 0.639. The molecule has 0 aliphatic rings. The van der Waals surface area contributed by atoms with Crippen molar-refractivity contribution >= 4 is 50.6 Å². The van der Waals surface area contributed by atoms with E-state index >= 15 is 0 Å². The number of aromatic nitrogens is 2. The first-order valence-corrected chi connectivity index (χ1v) is 8.84. The Morgan fingerprint density at radius 1 is 1.50 bits per heavy atom. The van der Waals surface area contributed by atoms with Crippen LogP contribution in [0.2, 0.25) is 0 Å². The van der Waals surface area contributed by atoms with Gasteiger partial charge in [-0.05, 0) is 52.9 Å². The fraction of sp³-hybridized carbons (Fsp3) is 0.455. The second kappa shape index (κ2) is 6.47. The van der Waals surface area contributed by atoms with Crippen molar-refractivity contribution in [2.24, 2.45) is 5.73 Å². The van der Waals surface area contributed by atoms with E-state index in [2.05, 4.69) is 44.3 Å². The van der Waals surface area contributed by atoms with Crippen LogP contribution >= 0.6 is 50.6 Å². The van der Waals surface area contributed by atoms with Crippen LogP contribution in [0, 0.1) is 6.92 Å². The Kier molecular flexibility index (Phi) is 5.20. The number of nitrogens with zero attached hydrogens (tertiary/aromatic N) is 2. The lowest BCUT2D eigenvalue weighted by Gasteiger charge is -2.19. The molecule has 0 spiro atoms. The highest BCUT2D eigenvalue weighted by Gasteiger charge is 2.23. The predicted octanol–water partition coefficient (Wildman–Crippen LogP) is 4.24. The molecule has 0 aromatic carbocycles. The van der Waals surface area contributed by atoms with Crippen LogP contribution < -0.4 is 5.73 Å². The molecule has 2 rings (SSSR count). The number of hydrogen-bond donors (Lipinski definition) is 1. The molecule has 3 nitrogen and oxygen atoms in total. The van der Waals surface area contributed by atoms with Crippen molar-refractivity contribution in [3.05, 3.63) is 26.6 Å². The van der Waals surface area contributed by atoms with E-state index in [1.165, 1.54) is 16.4 Å². The summed E-state index contributed by atoms with van der Waals surface area (Å²) in [5.74, 6) is 0.832. The normalized spacial score (nSPS) is 14.7. The molecule has 0 aliphatic heterocycles. The van der Waals surface area contributed by atoms with Crippen LogP contribution in [0.1, 0.15) is 29.3 Å². The molecule has 0 radical (unpaired) electrons. The summed E-state index contributed by atoms with van der Waals surface area (Å²) in [5, 5.41) is 0.249. The smallest absolute Gasteiger partial charge is 0.170 e. The average molecular weight is 364 g/mol. The van der Waals surface area contributed by atoms with Gasteiger partial charge in [0.15, 0.2) is 4.34 Å². The predicted molar refractivity (Wildman–Crippen MR) is 83.5 cm³/mol. The SMILES string of the molecule is CCC(N)C(Sc1nc(C)ns1)c1ccc(Br)s1. The van der Waals surface area contributed by atoms with E-state index in [0.29, 0.717) is 0 Å². The molecule has 0 amide bonds. The van der Waals surface area contributed by atoms with Gasteiger partial charge in [0, 0.05) is 10.9 Å². The maximum absolute atomic E-state index is 6.24. The third-order valence-electron chi connectivity index (χ3n) is 2.47. The van der Waals surface area contributed by atoms with Crippen LogP contribution in [0.5, 0.6) is 0 Å². The molecule has 2 unspecified atom stereocenters. The molecule has 2 aromatic rings. The summed E-state index contributed by atoms with van der Waals surface area (Å²) in [6, 6.07) is 4.33. The first-order chi connectivity index (χ1) is 8.60. The molecular weight excluding hydrogens is 350 g/mol. The first-order valence-electron chi connectivity index (χ1n) is 5.58. The second-order valence-electron chi connectivity index (χ2n) is 3.86. The van der Waals surface area contributed by atoms with E-state index in [-0.39, 0.29) is 11.3 Å². The zero-order valence-electron chi connectivity index (χ0n) is 10.1. The standard InChI is InChI=1S/C11H14BrN3S3/c1-3-7(13)10(8-4-5-9(12)16-8)17-11-14-6(2)15-18-11/h4-5,7,10H,3,13H2,1-2H3. The summed E-state index contributed by atoms with van der Waals surface area (Å²) in [6.45, 7) is 4.03. The van der Waals surface area contributed by atoms with Gasteiger partial charge >= 0.3 is 0 Å². The third-order valence-corrected chi connectivity index (χ3v) is 6.59. The third kappa shape index (κ3) is 3.54. The molecule has 0 aliphatic carbocycles. The monoisotopic (exact) mass is 363 g/mol. The van der Waals surface area contributed by atoms with Gasteiger partial charge < -0.3 is 5.73 Å². The van der Waals surface area contributed by atoms with Gasteiger partial charge in [-0.15, -0.1) is 11.3 Å². The molecule has 18 heavy (non-hydrogen) atoms. The van der Waals surface area contributed by atoms with E-state index in [1.807, 2.05) is 6.92 Å². The lowest BCUT2D eigenvalue weighted by atomic mass is 10.1. The summed E-state index contributed by atoms with van der Waals surface area (Å²) < 4.78 is 6.35. The molecule has 0 saturated carbocycles. The largest absolute Gasteiger partial charge is 0.326 e. The summed E-state index contributed by atoms with van der Waals surface area (Å²) in [5.41, 5.74) is 6.24. The summed E-state index contributed by atoms with van der Waals surface area (Å²) in [6.07, 6.45) is 0.949. The molecule has 7 heteroatoms. The molecule has 98 valence electrons. The van der Waals surface area contributed by atoms with E-state index in [9.17, 15) is 0 Å². The number of thiophene rings is 1. The number of halogens is 1. The minimum Gasteiger partial charge on any atom is -0.326 e. The Morgan fingerprint density at radius 3 is 2.78 bits per heavy atom. The van der Waals surface area contributed by atoms with Crippen molar-refractivity contribution in [1.82, 2.24) is 9.36 Å². The van der Waals surface area contributed by atoms with Gasteiger partial charge in [-0.2, -0.15) is 4.37 Å². The van der Waals surface area contributed by atoms with Crippen molar-refractivity contribution in [2.45, 2.75) is 35.9 Å². The van der Waals surface area contributed by atoms with E-state index in [4.69, 9.17) is 5.73 Å². The van der Waals surface area contributed by atoms with E-state index < -0.39 is 0 Å². The van der Waals surface area contributed by atoms with Crippen LogP contribution in [0.4, 0.5) is 0 Å². The Balaban J connectivity index is 2.20. The first kappa shape index (κ1) is 14.5. The van der Waals surface area contributed by atoms with Crippen molar-refractivity contribution in [3.63, 3.8) is 0 Å². The van der Waals surface area contributed by atoms with Crippen molar-refractivity contribution in [1.29, 1.82) is 0 Å². The van der Waals surface area contributed by atoms with Gasteiger partial charge in [0.2, 0.25) is 0 Å². The lowest BCUT2D eigenvalue weighted by Crippen LogP contribution is -2.25. The molecule has 0 bridgehead atoms. The minimum absolute atomic E-state index is 0.129. The Labute approximate surface area is 128 Å². The fourth-order valence-electron chi connectivity index (χ4n) is 1.49. The number of nitrogens with two attached hydrogens (primary N) is 1. The van der Waals surface area contributed by atoms with Crippen LogP contribution in [0.15, 0.2) is 20.3 Å². The molecule has 0 saturated heterocycles. The zero-order valence-corrected chi connectivity index (χ0v) is 14.1. The number of hydrogen-bond acceptors (Lipinski definition) is 6. The molecule has 2 aromatic heterocycles. The van der Waals surface area contributed by atoms with Crippen molar-refractivity contribution in [3.8, 4) is 0 Å². The quantitative estimate of drug-likeness (QED) is 0.807. The maximum Gasteiger partial charge on any atom is 0.170 e. The van der Waals surface area contributed by atoms with Gasteiger partial charge in [-0.25, -0.2) is 4.98 Å². The molecule has 2 atom stereocenters. The highest BCUT2D eigenvalue weighted by Crippen LogP contribution is 2.42. The zero-order chi connectivity index (χ0) is 13.1.